The first-order valence-electron chi connectivity index (χ1n) is 19.2. The summed E-state index contributed by atoms with van der Waals surface area (Å²) in [6.45, 7) is -9.06. The van der Waals surface area contributed by atoms with E-state index in [9.17, 15) is 83.4 Å². The third-order valence-corrected chi connectivity index (χ3v) is 9.92. The topological polar surface area (TPSA) is 0 Å². The van der Waals surface area contributed by atoms with Crippen molar-refractivity contribution >= 4 is 29.1 Å². The molecule has 0 heterocycles. The molecule has 1 unspecified atom stereocenters. The zero-order valence-electron chi connectivity index (χ0n) is 36.4. The molecule has 30 heteroatoms. The van der Waals surface area contributed by atoms with Gasteiger partial charge in [-0.1, -0.05) is 0 Å². The molecule has 3 rings (SSSR count). The molecular formula is C46H18F30. The summed E-state index contributed by atoms with van der Waals surface area (Å²) in [7, 11) is 0. The van der Waals surface area contributed by atoms with E-state index in [0.29, 0.717) is 0 Å². The zero-order valence-corrected chi connectivity index (χ0v) is 36.4. The fourth-order valence-corrected chi connectivity index (χ4v) is 6.35. The predicted octanol–water partition coefficient (Wildman–Crippen LogP) is 17.2. The number of halogens is 30. The highest BCUT2D eigenvalue weighted by Crippen LogP contribution is 2.44. The van der Waals surface area contributed by atoms with Gasteiger partial charge in [0.05, 0.1) is 69.2 Å². The molecule has 0 radical (unpaired) electrons. The summed E-state index contributed by atoms with van der Waals surface area (Å²) < 4.78 is 440. The van der Waals surface area contributed by atoms with Gasteiger partial charge in [0, 0.05) is 27.9 Å². The molecule has 0 N–H and O–H groups in total. The van der Waals surface area contributed by atoms with Crippen molar-refractivity contribution in [3.8, 4) is 0 Å². The van der Waals surface area contributed by atoms with E-state index in [0.717, 1.165) is 0 Å². The standard InChI is InChI=1S/C46H18F30/c1-11(54)22(16(6-49)27(57)24-18(8-51)35(65)45(75)46(76)43(24)73)37(67)33(63)19(9-52)25-39(69)41(71)26(42(72)40(25)70)20(10-53)34(64)38(68)23(12(2)55)17(7-50)32(62)31(61)15(5-48)14(4-47)30(60)28(58)13-3-21(56)36(66)44(74)29(13)59/h3-4,6,8,10-11H,5,7,9H2,1-2H3/b14-4+,16-6+,18-8-,20-10+,23-12+,27-24-,30-28-,31-15-,32-17-,33-19-,37-22+,38-34+. The van der Waals surface area contributed by atoms with Crippen molar-refractivity contribution in [2.75, 3.05) is 20.0 Å². The molecule has 3 aromatic carbocycles. The maximum Gasteiger partial charge on any atom is 0.198 e. The molecule has 0 aromatic heterocycles. The van der Waals surface area contributed by atoms with Crippen LogP contribution in [0.5, 0.6) is 0 Å². The Labute approximate surface area is 402 Å². The van der Waals surface area contributed by atoms with Crippen LogP contribution in [0.25, 0.3) is 29.1 Å². The van der Waals surface area contributed by atoms with Gasteiger partial charge in [-0.25, -0.2) is 132 Å². The Bertz CT molecular complexity index is 3300. The Morgan fingerprint density at radius 2 is 0.947 bits per heavy atom. The van der Waals surface area contributed by atoms with E-state index in [2.05, 4.69) is 0 Å². The van der Waals surface area contributed by atoms with Crippen LogP contribution in [0.3, 0.4) is 0 Å². The van der Waals surface area contributed by atoms with Crippen molar-refractivity contribution in [3.63, 3.8) is 0 Å². The average Bonchev–Trinajstić information content (AvgIpc) is 3.39. The lowest BCUT2D eigenvalue weighted by molar-refractivity contribution is 0.395. The van der Waals surface area contributed by atoms with Crippen LogP contribution in [0, 0.1) is 69.8 Å². The van der Waals surface area contributed by atoms with Crippen molar-refractivity contribution in [2.45, 2.75) is 20.0 Å². The van der Waals surface area contributed by atoms with E-state index in [4.69, 9.17) is 0 Å². The SMILES string of the molecule is C/C(F)=C(C(\F)=C(F)\C(=C\F)c1c(F)c(F)c(/C(CF)=C(F)/C(F)=C(C(=C/F)\C(F)=c2\c(F)c(F)c(F)c(F)\c2=C/F)/C(C)F)c(F)c1F)/C(CF)=C(F)/C(F)=C(CF)/C(=C\F)C(/F)=C(/F)c1cc(F)c(F)c(F)c1F. The summed E-state index contributed by atoms with van der Waals surface area (Å²) in [5, 5.41) is -4.84. The lowest BCUT2D eigenvalue weighted by atomic mass is 9.93. The van der Waals surface area contributed by atoms with Gasteiger partial charge in [-0.05, 0) is 19.9 Å². The van der Waals surface area contributed by atoms with E-state index in [-0.39, 0.29) is 13.8 Å². The Morgan fingerprint density at radius 1 is 0.474 bits per heavy atom. The van der Waals surface area contributed by atoms with Gasteiger partial charge in [0.1, 0.15) is 37.8 Å². The second-order valence-electron chi connectivity index (χ2n) is 14.2. The number of rotatable bonds is 16. The maximum absolute atomic E-state index is 15.7. The molecule has 0 aliphatic rings. The van der Waals surface area contributed by atoms with Crippen LogP contribution in [0.15, 0.2) is 105 Å². The lowest BCUT2D eigenvalue weighted by Gasteiger charge is -2.17. The van der Waals surface area contributed by atoms with Gasteiger partial charge in [0.25, 0.3) is 0 Å². The molecule has 0 saturated heterocycles. The van der Waals surface area contributed by atoms with Crippen LogP contribution in [-0.2, 0) is 0 Å². The highest BCUT2D eigenvalue weighted by molar-refractivity contribution is 5.82. The fraction of sp³-hybridized carbons (Fsp3) is 0.130. The summed E-state index contributed by atoms with van der Waals surface area (Å²) in [6, 6.07) is -0.651. The molecule has 0 aliphatic heterocycles. The molecular weight excluding hydrogens is 1120 g/mol. The van der Waals surface area contributed by atoms with E-state index >= 15 is 48.3 Å². The fourth-order valence-electron chi connectivity index (χ4n) is 6.35. The van der Waals surface area contributed by atoms with Crippen LogP contribution in [0.2, 0.25) is 0 Å². The van der Waals surface area contributed by atoms with E-state index in [1.54, 1.807) is 0 Å². The van der Waals surface area contributed by atoms with Gasteiger partial charge < -0.3 is 0 Å². The Kier molecular flexibility index (Phi) is 21.1. The zero-order chi connectivity index (χ0) is 58.4. The highest BCUT2D eigenvalue weighted by Gasteiger charge is 2.37. The van der Waals surface area contributed by atoms with Crippen LogP contribution in [0.1, 0.15) is 30.5 Å². The van der Waals surface area contributed by atoms with E-state index in [1.807, 2.05) is 0 Å². The van der Waals surface area contributed by atoms with Crippen molar-refractivity contribution in [2.24, 2.45) is 0 Å². The first-order chi connectivity index (χ1) is 35.4. The summed E-state index contributed by atoms with van der Waals surface area (Å²) >= 11 is 0. The Balaban J connectivity index is 2.41. The van der Waals surface area contributed by atoms with Crippen LogP contribution in [-0.4, -0.2) is 26.2 Å². The number of benzene rings is 3. The van der Waals surface area contributed by atoms with Crippen LogP contribution in [0.4, 0.5) is 132 Å². The third kappa shape index (κ3) is 11.4. The van der Waals surface area contributed by atoms with Crippen LogP contribution >= 0.6 is 0 Å². The molecule has 76 heavy (non-hydrogen) atoms. The summed E-state index contributed by atoms with van der Waals surface area (Å²) in [6.07, 6.45) is -9.19. The van der Waals surface area contributed by atoms with Gasteiger partial charge in [0.15, 0.2) is 116 Å². The minimum atomic E-state index is -3.51. The number of hydrogen-bond donors (Lipinski definition) is 0. The smallest absolute Gasteiger partial charge is 0.198 e. The largest absolute Gasteiger partial charge is 0.246 e. The van der Waals surface area contributed by atoms with Gasteiger partial charge in [-0.3, -0.25) is 0 Å². The number of allylic oxidation sites excluding steroid dienone is 16. The van der Waals surface area contributed by atoms with Gasteiger partial charge >= 0.3 is 0 Å². The third-order valence-electron chi connectivity index (χ3n) is 9.92. The van der Waals surface area contributed by atoms with Gasteiger partial charge in [-0.2, -0.15) is 0 Å². The van der Waals surface area contributed by atoms with Crippen molar-refractivity contribution in [1.82, 2.24) is 0 Å². The van der Waals surface area contributed by atoms with Gasteiger partial charge in [0.2, 0.25) is 0 Å². The van der Waals surface area contributed by atoms with Crippen molar-refractivity contribution < 1.29 is 132 Å². The molecule has 0 nitrogen and oxygen atoms in total. The quantitative estimate of drug-likeness (QED) is 0.0580. The Hall–Kier alpha value is -7.30. The average molecular weight is 1140 g/mol. The normalized spacial score (nSPS) is 16.4. The first-order valence-corrected chi connectivity index (χ1v) is 19.2. The summed E-state index contributed by atoms with van der Waals surface area (Å²) in [4.78, 5) is 0. The Morgan fingerprint density at radius 3 is 1.38 bits per heavy atom. The lowest BCUT2D eigenvalue weighted by Crippen LogP contribution is -2.36. The number of hydrogen-bond acceptors (Lipinski definition) is 0. The first kappa shape index (κ1) is 63.0. The van der Waals surface area contributed by atoms with Gasteiger partial charge in [-0.15, -0.1) is 0 Å². The predicted molar refractivity (Wildman–Crippen MR) is 209 cm³/mol. The molecule has 0 saturated carbocycles. The molecule has 0 spiro atoms. The molecule has 3 aromatic rings. The second kappa shape index (κ2) is 25.5. The minimum Gasteiger partial charge on any atom is -0.246 e. The monoisotopic (exact) mass is 1140 g/mol. The van der Waals surface area contributed by atoms with Crippen molar-refractivity contribution in [1.29, 1.82) is 0 Å². The molecule has 0 amide bonds. The molecule has 0 fully saturated rings. The van der Waals surface area contributed by atoms with Crippen LogP contribution < -0.4 is 10.4 Å². The van der Waals surface area contributed by atoms with E-state index in [1.165, 1.54) is 0 Å². The minimum absolute atomic E-state index is 0.0410. The molecule has 412 valence electrons. The molecule has 0 bridgehead atoms. The van der Waals surface area contributed by atoms with E-state index < -0.39 is 257 Å². The maximum atomic E-state index is 15.7. The second-order valence-corrected chi connectivity index (χ2v) is 14.2. The number of alkyl halides is 4. The summed E-state index contributed by atoms with van der Waals surface area (Å²) in [5.74, 6) is -68.2. The highest BCUT2D eigenvalue weighted by atomic mass is 19.2. The molecule has 1 atom stereocenters. The summed E-state index contributed by atoms with van der Waals surface area (Å²) in [5.41, 5.74) is -29.8. The molecule has 0 aliphatic carbocycles. The van der Waals surface area contributed by atoms with Crippen molar-refractivity contribution in [3.05, 3.63) is 202 Å².